The number of nitrogens with zero attached hydrogens (tertiary/aromatic N) is 1. The predicted molar refractivity (Wildman–Crippen MR) is 79.5 cm³/mol. The molecular formula is C16H24N2O2. The Morgan fingerprint density at radius 1 is 1.35 bits per heavy atom. The summed E-state index contributed by atoms with van der Waals surface area (Å²) in [4.78, 5) is 0. The monoisotopic (exact) mass is 276 g/mol. The third-order valence-electron chi connectivity index (χ3n) is 3.66. The third kappa shape index (κ3) is 4.52. The second-order valence-corrected chi connectivity index (χ2v) is 4.92. The van der Waals surface area contributed by atoms with Gasteiger partial charge in [-0.2, -0.15) is 5.26 Å². The van der Waals surface area contributed by atoms with E-state index in [9.17, 15) is 5.11 Å². The van der Waals surface area contributed by atoms with Gasteiger partial charge in [0.15, 0.2) is 0 Å². The van der Waals surface area contributed by atoms with Crippen LogP contribution in [0.25, 0.3) is 0 Å². The zero-order valence-corrected chi connectivity index (χ0v) is 12.5. The minimum Gasteiger partial charge on any atom is -0.495 e. The highest BCUT2D eigenvalue weighted by molar-refractivity contribution is 5.45. The molecule has 0 saturated carbocycles. The number of hydrogen-bond acceptors (Lipinski definition) is 4. The Hall–Kier alpha value is -1.57. The van der Waals surface area contributed by atoms with Crippen LogP contribution in [0.5, 0.6) is 5.75 Å². The Balaban J connectivity index is 2.52. The standard InChI is InChI=1S/C16H24N2O2/c1-4-13(5-2)15(19)11-18-10-12-6-7-14(9-17)16(8-12)20-3/h6-8,13,15,18-19H,4-5,10-11H2,1-3H3. The van der Waals surface area contributed by atoms with Gasteiger partial charge in [-0.05, 0) is 23.6 Å². The molecule has 0 aliphatic rings. The lowest BCUT2D eigenvalue weighted by Crippen LogP contribution is -2.32. The van der Waals surface area contributed by atoms with Gasteiger partial charge >= 0.3 is 0 Å². The average Bonchev–Trinajstić information content (AvgIpc) is 2.48. The molecule has 0 spiro atoms. The summed E-state index contributed by atoms with van der Waals surface area (Å²) < 4.78 is 5.18. The maximum Gasteiger partial charge on any atom is 0.136 e. The van der Waals surface area contributed by atoms with Crippen LogP contribution in [0.4, 0.5) is 0 Å². The summed E-state index contributed by atoms with van der Waals surface area (Å²) in [7, 11) is 1.56. The highest BCUT2D eigenvalue weighted by Crippen LogP contribution is 2.19. The first-order valence-corrected chi connectivity index (χ1v) is 7.12. The largest absolute Gasteiger partial charge is 0.495 e. The van der Waals surface area contributed by atoms with Crippen molar-refractivity contribution in [1.29, 1.82) is 5.26 Å². The van der Waals surface area contributed by atoms with E-state index in [1.165, 1.54) is 0 Å². The number of hydrogen-bond donors (Lipinski definition) is 2. The van der Waals surface area contributed by atoms with Gasteiger partial charge in [0.05, 0.1) is 18.8 Å². The smallest absolute Gasteiger partial charge is 0.136 e. The molecule has 0 radical (unpaired) electrons. The van der Waals surface area contributed by atoms with E-state index in [2.05, 4.69) is 25.2 Å². The number of nitriles is 1. The van der Waals surface area contributed by atoms with Crippen molar-refractivity contribution < 1.29 is 9.84 Å². The van der Waals surface area contributed by atoms with E-state index in [4.69, 9.17) is 10.00 Å². The van der Waals surface area contributed by atoms with Crippen LogP contribution < -0.4 is 10.1 Å². The van der Waals surface area contributed by atoms with E-state index in [0.717, 1.165) is 18.4 Å². The first kappa shape index (κ1) is 16.5. The molecule has 1 rings (SSSR count). The SMILES string of the molecule is CCC(CC)C(O)CNCc1ccc(C#N)c(OC)c1. The van der Waals surface area contributed by atoms with Gasteiger partial charge in [-0.15, -0.1) is 0 Å². The van der Waals surface area contributed by atoms with Crippen LogP contribution in [0.15, 0.2) is 18.2 Å². The highest BCUT2D eigenvalue weighted by atomic mass is 16.5. The molecule has 0 amide bonds. The fourth-order valence-electron chi connectivity index (χ4n) is 2.30. The number of aliphatic hydroxyl groups is 1. The van der Waals surface area contributed by atoms with Crippen molar-refractivity contribution in [2.24, 2.45) is 5.92 Å². The maximum atomic E-state index is 10.0. The second kappa shape index (κ2) is 8.57. The molecule has 1 atom stereocenters. The molecule has 20 heavy (non-hydrogen) atoms. The minimum absolute atomic E-state index is 0.315. The zero-order chi connectivity index (χ0) is 15.0. The summed E-state index contributed by atoms with van der Waals surface area (Å²) in [6.45, 7) is 5.43. The van der Waals surface area contributed by atoms with Gasteiger partial charge in [-0.25, -0.2) is 0 Å². The summed E-state index contributed by atoms with van der Waals surface area (Å²) in [5.74, 6) is 0.936. The third-order valence-corrected chi connectivity index (χ3v) is 3.66. The van der Waals surface area contributed by atoms with Gasteiger partial charge in [0, 0.05) is 13.1 Å². The molecule has 0 aromatic heterocycles. The Labute approximate surface area is 121 Å². The first-order chi connectivity index (χ1) is 9.65. The molecule has 1 aromatic rings. The number of benzene rings is 1. The molecule has 0 saturated heterocycles. The molecule has 4 nitrogen and oxygen atoms in total. The predicted octanol–water partition coefficient (Wildman–Crippen LogP) is 2.45. The van der Waals surface area contributed by atoms with E-state index in [1.54, 1.807) is 13.2 Å². The van der Waals surface area contributed by atoms with Crippen LogP contribution in [0.1, 0.15) is 37.8 Å². The molecule has 2 N–H and O–H groups in total. The van der Waals surface area contributed by atoms with Crippen LogP contribution in [0, 0.1) is 17.2 Å². The van der Waals surface area contributed by atoms with Crippen LogP contribution >= 0.6 is 0 Å². The average molecular weight is 276 g/mol. The molecule has 110 valence electrons. The van der Waals surface area contributed by atoms with Crippen LogP contribution in [0.2, 0.25) is 0 Å². The van der Waals surface area contributed by atoms with Crippen molar-refractivity contribution in [3.63, 3.8) is 0 Å². The van der Waals surface area contributed by atoms with E-state index in [-0.39, 0.29) is 6.10 Å². The van der Waals surface area contributed by atoms with Crippen molar-refractivity contribution in [1.82, 2.24) is 5.32 Å². The number of rotatable bonds is 8. The van der Waals surface area contributed by atoms with E-state index in [0.29, 0.717) is 30.3 Å². The van der Waals surface area contributed by atoms with Crippen molar-refractivity contribution in [2.45, 2.75) is 39.3 Å². The van der Waals surface area contributed by atoms with Crippen molar-refractivity contribution in [3.8, 4) is 11.8 Å². The minimum atomic E-state index is -0.315. The van der Waals surface area contributed by atoms with Crippen LogP contribution in [0.3, 0.4) is 0 Å². The summed E-state index contributed by atoms with van der Waals surface area (Å²) >= 11 is 0. The Morgan fingerprint density at radius 2 is 2.05 bits per heavy atom. The van der Waals surface area contributed by atoms with Gasteiger partial charge < -0.3 is 15.2 Å². The van der Waals surface area contributed by atoms with Crippen molar-refractivity contribution >= 4 is 0 Å². The van der Waals surface area contributed by atoms with Crippen molar-refractivity contribution in [3.05, 3.63) is 29.3 Å². The van der Waals surface area contributed by atoms with Gasteiger partial charge in [0.25, 0.3) is 0 Å². The van der Waals surface area contributed by atoms with Crippen LogP contribution in [-0.4, -0.2) is 24.9 Å². The maximum absolute atomic E-state index is 10.0. The lowest BCUT2D eigenvalue weighted by Gasteiger charge is -2.20. The molecular weight excluding hydrogens is 252 g/mol. The van der Waals surface area contributed by atoms with E-state index >= 15 is 0 Å². The second-order valence-electron chi connectivity index (χ2n) is 4.92. The fourth-order valence-corrected chi connectivity index (χ4v) is 2.30. The van der Waals surface area contributed by atoms with Crippen molar-refractivity contribution in [2.75, 3.05) is 13.7 Å². The number of ether oxygens (including phenoxy) is 1. The zero-order valence-electron chi connectivity index (χ0n) is 12.5. The number of aliphatic hydroxyl groups excluding tert-OH is 1. The quantitative estimate of drug-likeness (QED) is 0.765. The lowest BCUT2D eigenvalue weighted by molar-refractivity contribution is 0.101. The van der Waals surface area contributed by atoms with Crippen LogP contribution in [-0.2, 0) is 6.54 Å². The van der Waals surface area contributed by atoms with E-state index < -0.39 is 0 Å². The number of methoxy groups -OCH3 is 1. The topological polar surface area (TPSA) is 65.3 Å². The Bertz CT molecular complexity index is 450. The summed E-state index contributed by atoms with van der Waals surface area (Å²) in [5, 5.41) is 22.2. The van der Waals surface area contributed by atoms with Gasteiger partial charge in [-0.1, -0.05) is 32.8 Å². The Morgan fingerprint density at radius 3 is 2.60 bits per heavy atom. The molecule has 4 heteroatoms. The Kier molecular flexibility index (Phi) is 7.06. The molecule has 1 unspecified atom stereocenters. The lowest BCUT2D eigenvalue weighted by atomic mass is 9.96. The highest BCUT2D eigenvalue weighted by Gasteiger charge is 2.14. The summed E-state index contributed by atoms with van der Waals surface area (Å²) in [6, 6.07) is 7.61. The molecule has 1 aromatic carbocycles. The first-order valence-electron chi connectivity index (χ1n) is 7.12. The fraction of sp³-hybridized carbons (Fsp3) is 0.562. The molecule has 0 heterocycles. The van der Waals surface area contributed by atoms with E-state index in [1.807, 2.05) is 12.1 Å². The molecule has 0 aliphatic heterocycles. The normalized spacial score (nSPS) is 12.2. The van der Waals surface area contributed by atoms with Gasteiger partial charge in [0.1, 0.15) is 11.8 Å². The molecule has 0 aliphatic carbocycles. The van der Waals surface area contributed by atoms with Gasteiger partial charge in [-0.3, -0.25) is 0 Å². The van der Waals surface area contributed by atoms with Gasteiger partial charge in [0.2, 0.25) is 0 Å². The summed E-state index contributed by atoms with van der Waals surface area (Å²) in [5.41, 5.74) is 1.57. The molecule has 0 bridgehead atoms. The summed E-state index contributed by atoms with van der Waals surface area (Å²) in [6.07, 6.45) is 1.67. The molecule has 0 fully saturated rings. The number of nitrogens with one attached hydrogen (secondary N) is 1.